The Morgan fingerprint density at radius 2 is 2.22 bits per heavy atom. The third kappa shape index (κ3) is 2.83. The Morgan fingerprint density at radius 1 is 1.50 bits per heavy atom. The quantitative estimate of drug-likeness (QED) is 0.835. The van der Waals surface area contributed by atoms with Crippen LogP contribution in [0.2, 0.25) is 0 Å². The Bertz CT molecular complexity index is 407. The van der Waals surface area contributed by atoms with Crippen LogP contribution in [0.3, 0.4) is 0 Å². The Kier molecular flexibility index (Phi) is 4.23. The van der Waals surface area contributed by atoms with Crippen molar-refractivity contribution in [3.8, 4) is 5.75 Å². The second-order valence-electron chi connectivity index (χ2n) is 5.19. The molecule has 2 rings (SSSR count). The molecular formula is C15H22FNO. The summed E-state index contributed by atoms with van der Waals surface area (Å²) in [4.78, 5) is 0. The number of ether oxygens (including phenoxy) is 1. The van der Waals surface area contributed by atoms with Crippen molar-refractivity contribution < 1.29 is 9.13 Å². The molecule has 18 heavy (non-hydrogen) atoms. The molecule has 0 heterocycles. The fourth-order valence-electron chi connectivity index (χ4n) is 2.56. The number of hydrogen-bond donors (Lipinski definition) is 1. The van der Waals surface area contributed by atoms with Crippen LogP contribution in [-0.4, -0.2) is 13.7 Å². The molecule has 1 aromatic carbocycles. The molecule has 1 N–H and O–H groups in total. The van der Waals surface area contributed by atoms with Crippen molar-refractivity contribution in [3.63, 3.8) is 0 Å². The summed E-state index contributed by atoms with van der Waals surface area (Å²) in [6.45, 7) is 5.34. The fraction of sp³-hybridized carbons (Fsp3) is 0.600. The minimum atomic E-state index is -0.192. The van der Waals surface area contributed by atoms with Gasteiger partial charge in [0.1, 0.15) is 11.6 Å². The van der Waals surface area contributed by atoms with Crippen LogP contribution in [0.25, 0.3) is 0 Å². The lowest BCUT2D eigenvalue weighted by Crippen LogP contribution is -2.25. The Morgan fingerprint density at radius 3 is 2.78 bits per heavy atom. The number of halogens is 1. The topological polar surface area (TPSA) is 21.3 Å². The van der Waals surface area contributed by atoms with Crippen molar-refractivity contribution in [2.75, 3.05) is 13.7 Å². The van der Waals surface area contributed by atoms with Crippen LogP contribution in [0.1, 0.15) is 38.3 Å². The van der Waals surface area contributed by atoms with Gasteiger partial charge in [-0.2, -0.15) is 0 Å². The maximum Gasteiger partial charge on any atom is 0.123 e. The normalized spacial score (nSPS) is 23.8. The summed E-state index contributed by atoms with van der Waals surface area (Å²) in [7, 11) is 1.64. The number of methoxy groups -OCH3 is 1. The smallest absolute Gasteiger partial charge is 0.123 e. The molecule has 0 aromatic heterocycles. The largest absolute Gasteiger partial charge is 0.496 e. The number of benzene rings is 1. The Balaban J connectivity index is 2.25. The van der Waals surface area contributed by atoms with E-state index < -0.39 is 0 Å². The van der Waals surface area contributed by atoms with Crippen molar-refractivity contribution in [2.45, 2.75) is 32.7 Å². The highest BCUT2D eigenvalue weighted by atomic mass is 19.1. The lowest BCUT2D eigenvalue weighted by Gasteiger charge is -2.21. The zero-order valence-electron chi connectivity index (χ0n) is 11.4. The molecule has 3 atom stereocenters. The zero-order chi connectivity index (χ0) is 13.1. The van der Waals surface area contributed by atoms with Crippen LogP contribution in [0.4, 0.5) is 4.39 Å². The first-order chi connectivity index (χ1) is 8.67. The molecule has 0 radical (unpaired) electrons. The van der Waals surface area contributed by atoms with Gasteiger partial charge in [0.2, 0.25) is 0 Å². The minimum Gasteiger partial charge on any atom is -0.496 e. The van der Waals surface area contributed by atoms with Gasteiger partial charge >= 0.3 is 0 Å². The van der Waals surface area contributed by atoms with E-state index in [0.717, 1.165) is 24.3 Å². The fourth-order valence-corrected chi connectivity index (χ4v) is 2.56. The van der Waals surface area contributed by atoms with Gasteiger partial charge in [-0.3, -0.25) is 0 Å². The summed E-state index contributed by atoms with van der Waals surface area (Å²) in [5, 5.41) is 3.53. The van der Waals surface area contributed by atoms with Crippen molar-refractivity contribution in [1.29, 1.82) is 0 Å². The van der Waals surface area contributed by atoms with Gasteiger partial charge in [0, 0.05) is 11.6 Å². The van der Waals surface area contributed by atoms with E-state index in [1.807, 2.05) is 0 Å². The van der Waals surface area contributed by atoms with Crippen molar-refractivity contribution >= 4 is 0 Å². The zero-order valence-corrected chi connectivity index (χ0v) is 11.4. The standard InChI is InChI=1S/C15H22FNO/c1-4-7-17-15(12-8-10(12)2)13-9-11(16)5-6-14(13)18-3/h5-6,9-10,12,15,17H,4,7-8H2,1-3H3. The maximum absolute atomic E-state index is 13.5. The van der Waals surface area contributed by atoms with Gasteiger partial charge in [0.05, 0.1) is 7.11 Å². The molecule has 0 amide bonds. The first kappa shape index (κ1) is 13.3. The predicted molar refractivity (Wildman–Crippen MR) is 71.3 cm³/mol. The highest BCUT2D eigenvalue weighted by Crippen LogP contribution is 2.48. The average Bonchev–Trinajstić information content (AvgIpc) is 3.07. The van der Waals surface area contributed by atoms with Crippen LogP contribution in [0, 0.1) is 17.7 Å². The van der Waals surface area contributed by atoms with Crippen LogP contribution in [0.15, 0.2) is 18.2 Å². The highest BCUT2D eigenvalue weighted by Gasteiger charge is 2.40. The molecular weight excluding hydrogens is 229 g/mol. The SMILES string of the molecule is CCCNC(c1cc(F)ccc1OC)C1CC1C. The van der Waals surface area contributed by atoms with E-state index in [1.54, 1.807) is 19.2 Å². The third-order valence-electron chi connectivity index (χ3n) is 3.74. The van der Waals surface area contributed by atoms with E-state index in [-0.39, 0.29) is 11.9 Å². The summed E-state index contributed by atoms with van der Waals surface area (Å²) >= 11 is 0. The first-order valence-corrected chi connectivity index (χ1v) is 6.74. The van der Waals surface area contributed by atoms with Crippen LogP contribution >= 0.6 is 0 Å². The number of hydrogen-bond acceptors (Lipinski definition) is 2. The molecule has 1 fully saturated rings. The molecule has 2 nitrogen and oxygen atoms in total. The summed E-state index contributed by atoms with van der Waals surface area (Å²) in [5.74, 6) is 1.91. The van der Waals surface area contributed by atoms with Gasteiger partial charge in [-0.15, -0.1) is 0 Å². The van der Waals surface area contributed by atoms with Gasteiger partial charge in [-0.05, 0) is 49.4 Å². The van der Waals surface area contributed by atoms with Gasteiger partial charge in [0.15, 0.2) is 0 Å². The molecule has 0 saturated heterocycles. The van der Waals surface area contributed by atoms with E-state index in [0.29, 0.717) is 11.8 Å². The Labute approximate surface area is 109 Å². The van der Waals surface area contributed by atoms with Crippen molar-refractivity contribution in [1.82, 2.24) is 5.32 Å². The van der Waals surface area contributed by atoms with Gasteiger partial charge < -0.3 is 10.1 Å². The predicted octanol–water partition coefficient (Wildman–Crippen LogP) is 3.53. The molecule has 0 aliphatic heterocycles. The minimum absolute atomic E-state index is 0.192. The van der Waals surface area contributed by atoms with E-state index in [2.05, 4.69) is 19.2 Å². The van der Waals surface area contributed by atoms with Crippen molar-refractivity contribution in [3.05, 3.63) is 29.6 Å². The average molecular weight is 251 g/mol. The lowest BCUT2D eigenvalue weighted by molar-refractivity contribution is 0.385. The van der Waals surface area contributed by atoms with Gasteiger partial charge in [-0.1, -0.05) is 13.8 Å². The second kappa shape index (κ2) is 5.70. The number of rotatable bonds is 6. The van der Waals surface area contributed by atoms with Crippen LogP contribution in [-0.2, 0) is 0 Å². The monoisotopic (exact) mass is 251 g/mol. The highest BCUT2D eigenvalue weighted by molar-refractivity contribution is 5.37. The second-order valence-corrected chi connectivity index (χ2v) is 5.19. The van der Waals surface area contributed by atoms with E-state index in [4.69, 9.17) is 4.74 Å². The van der Waals surface area contributed by atoms with Crippen LogP contribution in [0.5, 0.6) is 5.75 Å². The third-order valence-corrected chi connectivity index (χ3v) is 3.74. The Hall–Kier alpha value is -1.09. The lowest BCUT2D eigenvalue weighted by atomic mass is 9.99. The first-order valence-electron chi connectivity index (χ1n) is 6.74. The molecule has 1 aliphatic carbocycles. The van der Waals surface area contributed by atoms with Gasteiger partial charge in [0.25, 0.3) is 0 Å². The summed E-state index contributed by atoms with van der Waals surface area (Å²) in [6.07, 6.45) is 2.29. The number of nitrogens with one attached hydrogen (secondary N) is 1. The maximum atomic E-state index is 13.5. The van der Waals surface area contributed by atoms with E-state index in [9.17, 15) is 4.39 Å². The molecule has 0 bridgehead atoms. The molecule has 3 heteroatoms. The molecule has 1 saturated carbocycles. The molecule has 3 unspecified atom stereocenters. The molecule has 0 spiro atoms. The van der Waals surface area contributed by atoms with Crippen molar-refractivity contribution in [2.24, 2.45) is 11.8 Å². The molecule has 100 valence electrons. The van der Waals surface area contributed by atoms with E-state index in [1.165, 1.54) is 12.5 Å². The molecule has 1 aromatic rings. The van der Waals surface area contributed by atoms with Gasteiger partial charge in [-0.25, -0.2) is 4.39 Å². The summed E-state index contributed by atoms with van der Waals surface area (Å²) in [6, 6.07) is 5.00. The van der Waals surface area contributed by atoms with E-state index >= 15 is 0 Å². The van der Waals surface area contributed by atoms with Crippen LogP contribution < -0.4 is 10.1 Å². The summed E-state index contributed by atoms with van der Waals surface area (Å²) < 4.78 is 18.8. The molecule has 1 aliphatic rings. The summed E-state index contributed by atoms with van der Waals surface area (Å²) in [5.41, 5.74) is 0.959.